The van der Waals surface area contributed by atoms with Crippen LogP contribution >= 0.6 is 23.6 Å². The van der Waals surface area contributed by atoms with Gasteiger partial charge in [0.25, 0.3) is 0 Å². The minimum absolute atomic E-state index is 0.0554. The summed E-state index contributed by atoms with van der Waals surface area (Å²) < 4.78 is 0.685. The highest BCUT2D eigenvalue weighted by molar-refractivity contribution is 7.73. The number of carbonyl (C=O) groups excluding carboxylic acids is 1. The first-order valence-electron chi connectivity index (χ1n) is 7.00. The Morgan fingerprint density at radius 3 is 2.77 bits per heavy atom. The fourth-order valence-corrected chi connectivity index (χ4v) is 3.50. The van der Waals surface area contributed by atoms with Crippen LogP contribution in [0.5, 0.6) is 0 Å². The van der Waals surface area contributed by atoms with Crippen molar-refractivity contribution in [1.82, 2.24) is 10.3 Å². The molecule has 0 saturated heterocycles. The second-order valence-corrected chi connectivity index (χ2v) is 6.74. The number of nitrogens with zero attached hydrogens (tertiary/aromatic N) is 1. The summed E-state index contributed by atoms with van der Waals surface area (Å²) in [4.78, 5) is 16.3. The van der Waals surface area contributed by atoms with Gasteiger partial charge in [0.15, 0.2) is 3.95 Å². The lowest BCUT2D eigenvalue weighted by Crippen LogP contribution is -2.29. The van der Waals surface area contributed by atoms with Crippen molar-refractivity contribution in [2.24, 2.45) is 0 Å². The standard InChI is InChI=1S/C16H17N3OS2/c1-11-14(22-16(21)18-11)10-15(20)19-13(8-5-9-17)12-6-3-2-4-7-12/h2-4,6-7,13H,5,8,10H2,1H3,(H,18,21)(H,19,20)/t13-/m0/s1. The smallest absolute Gasteiger partial charge is 0.225 e. The quantitative estimate of drug-likeness (QED) is 0.791. The van der Waals surface area contributed by atoms with E-state index in [2.05, 4.69) is 16.4 Å². The molecular weight excluding hydrogens is 314 g/mol. The van der Waals surface area contributed by atoms with Crippen molar-refractivity contribution in [3.63, 3.8) is 0 Å². The van der Waals surface area contributed by atoms with Gasteiger partial charge in [-0.2, -0.15) is 5.26 Å². The number of aromatic nitrogens is 1. The summed E-state index contributed by atoms with van der Waals surface area (Å²) in [6.45, 7) is 1.92. The highest BCUT2D eigenvalue weighted by atomic mass is 32.1. The first-order valence-corrected chi connectivity index (χ1v) is 8.22. The van der Waals surface area contributed by atoms with Gasteiger partial charge in [-0.3, -0.25) is 4.79 Å². The number of nitriles is 1. The summed E-state index contributed by atoms with van der Waals surface area (Å²) in [6.07, 6.45) is 1.32. The number of amides is 1. The molecule has 0 spiro atoms. The van der Waals surface area contributed by atoms with E-state index < -0.39 is 0 Å². The predicted molar refractivity (Wildman–Crippen MR) is 90.1 cm³/mol. The normalized spacial score (nSPS) is 11.6. The molecule has 0 unspecified atom stereocenters. The monoisotopic (exact) mass is 331 g/mol. The molecule has 1 heterocycles. The average molecular weight is 331 g/mol. The first-order chi connectivity index (χ1) is 10.6. The summed E-state index contributed by atoms with van der Waals surface area (Å²) >= 11 is 6.52. The molecule has 2 aromatic rings. The zero-order chi connectivity index (χ0) is 15.9. The molecule has 1 aromatic carbocycles. The first kappa shape index (κ1) is 16.4. The second-order valence-electron chi connectivity index (χ2n) is 4.97. The summed E-state index contributed by atoms with van der Waals surface area (Å²) in [5, 5.41) is 11.8. The molecule has 2 N–H and O–H groups in total. The van der Waals surface area contributed by atoms with Crippen molar-refractivity contribution in [3.8, 4) is 6.07 Å². The highest BCUT2D eigenvalue weighted by Gasteiger charge is 2.16. The summed E-state index contributed by atoms with van der Waals surface area (Å²) in [6, 6.07) is 11.7. The van der Waals surface area contributed by atoms with E-state index >= 15 is 0 Å². The molecule has 0 fully saturated rings. The average Bonchev–Trinajstić information content (AvgIpc) is 2.82. The Kier molecular flexibility index (Phi) is 5.87. The minimum atomic E-state index is -0.138. The molecule has 2 rings (SSSR count). The number of H-pyrrole nitrogens is 1. The number of nitrogens with one attached hydrogen (secondary N) is 2. The van der Waals surface area contributed by atoms with E-state index in [0.717, 1.165) is 16.1 Å². The molecule has 0 aliphatic rings. The number of thiazole rings is 1. The zero-order valence-electron chi connectivity index (χ0n) is 12.3. The van der Waals surface area contributed by atoms with Gasteiger partial charge in [-0.15, -0.1) is 11.3 Å². The van der Waals surface area contributed by atoms with Crippen LogP contribution in [0, 0.1) is 22.2 Å². The Hall–Kier alpha value is -1.97. The van der Waals surface area contributed by atoms with Crippen molar-refractivity contribution in [1.29, 1.82) is 5.26 Å². The van der Waals surface area contributed by atoms with Crippen LogP contribution in [0.2, 0.25) is 0 Å². The second kappa shape index (κ2) is 7.87. The number of carbonyl (C=O) groups is 1. The Bertz CT molecular complexity index is 728. The molecule has 114 valence electrons. The third-order valence-electron chi connectivity index (χ3n) is 3.33. The zero-order valence-corrected chi connectivity index (χ0v) is 13.9. The van der Waals surface area contributed by atoms with Gasteiger partial charge < -0.3 is 10.3 Å². The maximum Gasteiger partial charge on any atom is 0.225 e. The van der Waals surface area contributed by atoms with Gasteiger partial charge in [0.1, 0.15) is 0 Å². The van der Waals surface area contributed by atoms with Crippen molar-refractivity contribution >= 4 is 29.5 Å². The Morgan fingerprint density at radius 1 is 1.45 bits per heavy atom. The molecular formula is C16H17N3OS2. The molecule has 1 amide bonds. The lowest BCUT2D eigenvalue weighted by atomic mass is 10.0. The van der Waals surface area contributed by atoms with Crippen LogP contribution in [0.15, 0.2) is 30.3 Å². The SMILES string of the molecule is Cc1[nH]c(=S)sc1CC(=O)N[C@@H](CCC#N)c1ccccc1. The van der Waals surface area contributed by atoms with Crippen LogP contribution in [0.3, 0.4) is 0 Å². The fourth-order valence-electron chi connectivity index (χ4n) is 2.21. The maximum atomic E-state index is 12.3. The van der Waals surface area contributed by atoms with E-state index in [9.17, 15) is 4.79 Å². The van der Waals surface area contributed by atoms with Gasteiger partial charge in [-0.25, -0.2) is 0 Å². The van der Waals surface area contributed by atoms with E-state index in [4.69, 9.17) is 17.5 Å². The number of benzene rings is 1. The Balaban J connectivity index is 2.06. The molecule has 4 nitrogen and oxygen atoms in total. The van der Waals surface area contributed by atoms with Gasteiger partial charge >= 0.3 is 0 Å². The van der Waals surface area contributed by atoms with Crippen LogP contribution in [0.4, 0.5) is 0 Å². The lowest BCUT2D eigenvalue weighted by Gasteiger charge is -2.18. The van der Waals surface area contributed by atoms with Gasteiger partial charge in [0, 0.05) is 17.0 Å². The predicted octanol–water partition coefficient (Wildman–Crippen LogP) is 3.82. The third-order valence-corrected chi connectivity index (χ3v) is 4.66. The summed E-state index contributed by atoms with van der Waals surface area (Å²) in [7, 11) is 0. The molecule has 22 heavy (non-hydrogen) atoms. The van der Waals surface area contributed by atoms with Gasteiger partial charge in [-0.05, 0) is 31.1 Å². The van der Waals surface area contributed by atoms with Crippen molar-refractivity contribution in [2.75, 3.05) is 0 Å². The van der Waals surface area contributed by atoms with E-state index in [1.807, 2.05) is 37.3 Å². The molecule has 6 heteroatoms. The fraction of sp³-hybridized carbons (Fsp3) is 0.312. The summed E-state index contributed by atoms with van der Waals surface area (Å²) in [5.74, 6) is -0.0554. The topological polar surface area (TPSA) is 68.7 Å². The Labute approximate surface area is 138 Å². The van der Waals surface area contributed by atoms with Gasteiger partial charge in [-0.1, -0.05) is 30.3 Å². The van der Waals surface area contributed by atoms with Crippen LogP contribution in [0.25, 0.3) is 0 Å². The van der Waals surface area contributed by atoms with E-state index in [0.29, 0.717) is 23.2 Å². The largest absolute Gasteiger partial charge is 0.349 e. The summed E-state index contributed by atoms with van der Waals surface area (Å²) in [5.41, 5.74) is 1.96. The van der Waals surface area contributed by atoms with Crippen LogP contribution in [0.1, 0.15) is 35.0 Å². The van der Waals surface area contributed by atoms with Crippen LogP contribution < -0.4 is 5.32 Å². The number of hydrogen-bond donors (Lipinski definition) is 2. The van der Waals surface area contributed by atoms with Crippen molar-refractivity contribution in [3.05, 3.63) is 50.4 Å². The minimum Gasteiger partial charge on any atom is -0.349 e. The molecule has 0 aliphatic heterocycles. The number of hydrogen-bond acceptors (Lipinski definition) is 4. The van der Waals surface area contributed by atoms with Crippen LogP contribution in [-0.2, 0) is 11.2 Å². The third kappa shape index (κ3) is 4.52. The Morgan fingerprint density at radius 2 is 2.18 bits per heavy atom. The molecule has 0 bridgehead atoms. The van der Waals surface area contributed by atoms with Crippen molar-refractivity contribution < 1.29 is 4.79 Å². The van der Waals surface area contributed by atoms with Gasteiger partial charge in [0.2, 0.25) is 5.91 Å². The van der Waals surface area contributed by atoms with E-state index in [1.165, 1.54) is 11.3 Å². The molecule has 0 radical (unpaired) electrons. The molecule has 1 aromatic heterocycles. The lowest BCUT2D eigenvalue weighted by molar-refractivity contribution is -0.121. The molecule has 0 saturated carbocycles. The van der Waals surface area contributed by atoms with Gasteiger partial charge in [0.05, 0.1) is 18.5 Å². The van der Waals surface area contributed by atoms with E-state index in [-0.39, 0.29) is 11.9 Å². The number of rotatable bonds is 6. The highest BCUT2D eigenvalue weighted by Crippen LogP contribution is 2.20. The number of aryl methyl sites for hydroxylation is 1. The molecule has 1 atom stereocenters. The number of aromatic amines is 1. The van der Waals surface area contributed by atoms with E-state index in [1.54, 1.807) is 0 Å². The van der Waals surface area contributed by atoms with Crippen LogP contribution in [-0.4, -0.2) is 10.9 Å². The van der Waals surface area contributed by atoms with Crippen molar-refractivity contribution in [2.45, 2.75) is 32.2 Å². The molecule has 0 aliphatic carbocycles. The maximum absolute atomic E-state index is 12.3.